The largest absolute Gasteiger partial charge is 0.495 e. The van der Waals surface area contributed by atoms with Gasteiger partial charge in [0.05, 0.1) is 47.5 Å². The number of methoxy groups -OCH3 is 1. The van der Waals surface area contributed by atoms with Crippen LogP contribution in [0, 0.1) is 18.7 Å². The smallest absolute Gasteiger partial charge is 0.416 e. The van der Waals surface area contributed by atoms with Crippen molar-refractivity contribution in [2.24, 2.45) is 10.9 Å². The van der Waals surface area contributed by atoms with E-state index >= 15 is 0 Å². The van der Waals surface area contributed by atoms with E-state index in [0.29, 0.717) is 41.1 Å². The molecule has 0 amide bonds. The van der Waals surface area contributed by atoms with Crippen LogP contribution in [0.5, 0.6) is 5.75 Å². The van der Waals surface area contributed by atoms with E-state index in [0.717, 1.165) is 25.3 Å². The highest BCUT2D eigenvalue weighted by Crippen LogP contribution is 2.35. The number of nitrogens with two attached hydrogens (primary N) is 1. The molecule has 0 saturated heterocycles. The summed E-state index contributed by atoms with van der Waals surface area (Å²) in [6.45, 7) is 3.83. The highest BCUT2D eigenvalue weighted by molar-refractivity contribution is 6.16. The van der Waals surface area contributed by atoms with Gasteiger partial charge in [0.15, 0.2) is 6.23 Å². The molecule has 0 aliphatic heterocycles. The minimum atomic E-state index is -4.71. The van der Waals surface area contributed by atoms with Crippen molar-refractivity contribution in [3.05, 3.63) is 76.5 Å². The fourth-order valence-electron chi connectivity index (χ4n) is 5.21. The molecule has 8 nitrogen and oxygen atoms in total. The summed E-state index contributed by atoms with van der Waals surface area (Å²) >= 11 is 0. The Morgan fingerprint density at radius 3 is 2.54 bits per heavy atom. The maximum absolute atomic E-state index is 14.5. The number of hydrogen-bond donors (Lipinski definition) is 4. The first-order chi connectivity index (χ1) is 19.4. The van der Waals surface area contributed by atoms with Crippen molar-refractivity contribution >= 4 is 17.2 Å². The SMILES string of the molecule is CCC(N=C(c1ccc(NC(O)c2ccc(C(F)(F)F)cc2F)c(OC)c1)c1c(C)ncnc1N)C1CCC(O)C1. The summed E-state index contributed by atoms with van der Waals surface area (Å²) < 4.78 is 58.8. The molecular formula is C29H33F4N5O3. The Labute approximate surface area is 235 Å². The molecule has 2 aromatic carbocycles. The van der Waals surface area contributed by atoms with Crippen LogP contribution in [0.25, 0.3) is 0 Å². The third-order valence-electron chi connectivity index (χ3n) is 7.40. The third-order valence-corrected chi connectivity index (χ3v) is 7.40. The van der Waals surface area contributed by atoms with Gasteiger partial charge in [-0.25, -0.2) is 14.4 Å². The lowest BCUT2D eigenvalue weighted by atomic mass is 9.94. The summed E-state index contributed by atoms with van der Waals surface area (Å²) in [4.78, 5) is 13.6. The van der Waals surface area contributed by atoms with Gasteiger partial charge in [-0.05, 0) is 62.8 Å². The highest BCUT2D eigenvalue weighted by Gasteiger charge is 2.32. The van der Waals surface area contributed by atoms with Crippen LogP contribution < -0.4 is 15.8 Å². The second-order valence-electron chi connectivity index (χ2n) is 10.1. The lowest BCUT2D eigenvalue weighted by Gasteiger charge is -2.22. The molecule has 1 saturated carbocycles. The van der Waals surface area contributed by atoms with E-state index < -0.39 is 23.8 Å². The van der Waals surface area contributed by atoms with E-state index in [4.69, 9.17) is 15.5 Å². The van der Waals surface area contributed by atoms with Gasteiger partial charge < -0.3 is 26.0 Å². The summed E-state index contributed by atoms with van der Waals surface area (Å²) in [6, 6.07) is 6.78. The second kappa shape index (κ2) is 12.4. The molecule has 1 heterocycles. The Kier molecular flexibility index (Phi) is 9.13. The highest BCUT2D eigenvalue weighted by atomic mass is 19.4. The number of hydrogen-bond acceptors (Lipinski definition) is 8. The van der Waals surface area contributed by atoms with Gasteiger partial charge in [-0.2, -0.15) is 13.2 Å². The first kappa shape index (κ1) is 30.2. The molecule has 220 valence electrons. The number of rotatable bonds is 9. The minimum Gasteiger partial charge on any atom is -0.495 e. The summed E-state index contributed by atoms with van der Waals surface area (Å²) in [5.41, 5.74) is 7.35. The summed E-state index contributed by atoms with van der Waals surface area (Å²) in [5, 5.41) is 23.4. The molecule has 4 rings (SSSR count). The lowest BCUT2D eigenvalue weighted by Crippen LogP contribution is -2.21. The zero-order valence-corrected chi connectivity index (χ0v) is 22.9. The van der Waals surface area contributed by atoms with Crippen LogP contribution >= 0.6 is 0 Å². The quantitative estimate of drug-likeness (QED) is 0.153. The predicted molar refractivity (Wildman–Crippen MR) is 147 cm³/mol. The van der Waals surface area contributed by atoms with Gasteiger partial charge in [-0.1, -0.05) is 19.1 Å². The number of nitrogens with one attached hydrogen (secondary N) is 1. The van der Waals surface area contributed by atoms with E-state index in [-0.39, 0.29) is 40.9 Å². The first-order valence-corrected chi connectivity index (χ1v) is 13.3. The van der Waals surface area contributed by atoms with Crippen molar-refractivity contribution < 1.29 is 32.5 Å². The van der Waals surface area contributed by atoms with Gasteiger partial charge in [0, 0.05) is 11.1 Å². The molecular weight excluding hydrogens is 542 g/mol. The van der Waals surface area contributed by atoms with Gasteiger partial charge >= 0.3 is 6.18 Å². The molecule has 3 aromatic rings. The zero-order chi connectivity index (χ0) is 29.9. The van der Waals surface area contributed by atoms with Crippen LogP contribution in [-0.4, -0.2) is 45.1 Å². The average molecular weight is 576 g/mol. The number of benzene rings is 2. The Hall–Kier alpha value is -3.77. The van der Waals surface area contributed by atoms with Gasteiger partial charge in [0.1, 0.15) is 23.7 Å². The number of aliphatic hydroxyl groups excluding tert-OH is 2. The van der Waals surface area contributed by atoms with Gasteiger partial charge in [0.25, 0.3) is 0 Å². The maximum atomic E-state index is 14.5. The van der Waals surface area contributed by atoms with Gasteiger partial charge in [0.2, 0.25) is 0 Å². The van der Waals surface area contributed by atoms with Crippen LogP contribution in [0.15, 0.2) is 47.7 Å². The minimum absolute atomic E-state index is 0.102. The fourth-order valence-corrected chi connectivity index (χ4v) is 5.21. The van der Waals surface area contributed by atoms with Crippen LogP contribution in [-0.2, 0) is 6.18 Å². The second-order valence-corrected chi connectivity index (χ2v) is 10.1. The number of anilines is 2. The zero-order valence-electron chi connectivity index (χ0n) is 22.9. The number of alkyl halides is 3. The summed E-state index contributed by atoms with van der Waals surface area (Å²) in [6.07, 6.45) is -2.41. The van der Waals surface area contributed by atoms with Crippen LogP contribution in [0.2, 0.25) is 0 Å². The monoisotopic (exact) mass is 575 g/mol. The number of aliphatic hydroxyl groups is 2. The van der Waals surface area contributed by atoms with Crippen molar-refractivity contribution in [3.63, 3.8) is 0 Å². The number of nitrogen functional groups attached to an aromatic ring is 1. The van der Waals surface area contributed by atoms with Crippen LogP contribution in [0.3, 0.4) is 0 Å². The number of nitrogens with zero attached hydrogens (tertiary/aromatic N) is 3. The topological polar surface area (TPSA) is 126 Å². The molecule has 0 bridgehead atoms. The molecule has 1 aliphatic carbocycles. The van der Waals surface area contributed by atoms with Crippen molar-refractivity contribution in [2.75, 3.05) is 18.2 Å². The van der Waals surface area contributed by atoms with Crippen LogP contribution in [0.4, 0.5) is 29.1 Å². The van der Waals surface area contributed by atoms with Crippen molar-refractivity contribution in [1.82, 2.24) is 9.97 Å². The number of aliphatic imine (C=N–C) groups is 1. The summed E-state index contributed by atoms with van der Waals surface area (Å²) in [5.74, 6) is -0.513. The van der Waals surface area contributed by atoms with E-state index in [2.05, 4.69) is 15.3 Å². The molecule has 41 heavy (non-hydrogen) atoms. The lowest BCUT2D eigenvalue weighted by molar-refractivity contribution is -0.137. The molecule has 12 heteroatoms. The number of ether oxygens (including phenoxy) is 1. The number of halogens is 4. The predicted octanol–water partition coefficient (Wildman–Crippen LogP) is 5.41. The number of aryl methyl sites for hydroxylation is 1. The normalized spacial score (nSPS) is 19.2. The van der Waals surface area contributed by atoms with E-state index in [1.165, 1.54) is 13.4 Å². The third kappa shape index (κ3) is 6.76. The first-order valence-electron chi connectivity index (χ1n) is 13.3. The fraction of sp³-hybridized carbons (Fsp3) is 0.414. The van der Waals surface area contributed by atoms with Gasteiger partial charge in [-0.3, -0.25) is 4.99 Å². The molecule has 4 atom stereocenters. The molecule has 1 aliphatic rings. The average Bonchev–Trinajstić information content (AvgIpc) is 3.35. The van der Waals surface area contributed by atoms with Gasteiger partial charge in [-0.15, -0.1) is 0 Å². The van der Waals surface area contributed by atoms with E-state index in [1.807, 2.05) is 6.92 Å². The molecule has 1 fully saturated rings. The number of aromatic nitrogens is 2. The molecule has 0 radical (unpaired) electrons. The Bertz CT molecular complexity index is 1400. The molecule has 5 N–H and O–H groups in total. The standard InChI is InChI=1S/C29H33F4N5O3/c1-4-22(16-5-8-19(39)11-16)37-26(25-15(2)35-14-36-27(25)34)17-6-10-23(24(12-17)41-3)38-28(40)20-9-7-18(13-21(20)30)29(31,32)33/h6-7,9-10,12-14,16,19,22,28,38-40H,4-5,8,11H2,1-3H3,(H2,34,35,36). The molecule has 4 unspecified atom stereocenters. The molecule has 1 aromatic heterocycles. The van der Waals surface area contributed by atoms with Crippen molar-refractivity contribution in [2.45, 2.75) is 64.1 Å². The maximum Gasteiger partial charge on any atom is 0.416 e. The molecule has 0 spiro atoms. The summed E-state index contributed by atoms with van der Waals surface area (Å²) in [7, 11) is 1.41. The van der Waals surface area contributed by atoms with Crippen molar-refractivity contribution in [3.8, 4) is 5.75 Å². The van der Waals surface area contributed by atoms with Crippen LogP contribution in [0.1, 0.15) is 66.8 Å². The Morgan fingerprint density at radius 1 is 1.20 bits per heavy atom. The Morgan fingerprint density at radius 2 is 1.95 bits per heavy atom. The van der Waals surface area contributed by atoms with Crippen molar-refractivity contribution in [1.29, 1.82) is 0 Å². The Balaban J connectivity index is 1.71. The van der Waals surface area contributed by atoms with E-state index in [9.17, 15) is 27.8 Å². The van der Waals surface area contributed by atoms with E-state index in [1.54, 1.807) is 25.1 Å².